The van der Waals surface area contributed by atoms with E-state index in [1.54, 1.807) is 12.1 Å². The summed E-state index contributed by atoms with van der Waals surface area (Å²) in [4.78, 5) is 0. The molecule has 3 rings (SSSR count). The van der Waals surface area contributed by atoms with Crippen LogP contribution in [0.15, 0.2) is 24.3 Å². The zero-order chi connectivity index (χ0) is 14.9. The van der Waals surface area contributed by atoms with Gasteiger partial charge < -0.3 is 5.32 Å². The van der Waals surface area contributed by atoms with E-state index in [2.05, 4.69) is 25.2 Å². The SMILES string of the molecule is CC(C)C1CCCC2(CCNCC2c2cccc(F)c2)C1. The number of benzene rings is 1. The Morgan fingerprint density at radius 2 is 2.14 bits per heavy atom. The first-order chi connectivity index (χ1) is 10.1. The molecule has 1 nitrogen and oxygen atoms in total. The fourth-order valence-corrected chi connectivity index (χ4v) is 4.72. The van der Waals surface area contributed by atoms with E-state index >= 15 is 0 Å². The lowest BCUT2D eigenvalue weighted by Crippen LogP contribution is -2.46. The molecule has 2 fully saturated rings. The summed E-state index contributed by atoms with van der Waals surface area (Å²) >= 11 is 0. The molecule has 1 heterocycles. The van der Waals surface area contributed by atoms with Crippen LogP contribution in [-0.2, 0) is 0 Å². The van der Waals surface area contributed by atoms with Gasteiger partial charge in [0.05, 0.1) is 0 Å². The topological polar surface area (TPSA) is 12.0 Å². The second-order valence-electron chi connectivity index (χ2n) is 7.52. The molecule has 1 aliphatic carbocycles. The molecule has 1 N–H and O–H groups in total. The molecule has 2 aliphatic rings. The van der Waals surface area contributed by atoms with Crippen LogP contribution in [-0.4, -0.2) is 13.1 Å². The van der Waals surface area contributed by atoms with Gasteiger partial charge in [-0.15, -0.1) is 0 Å². The van der Waals surface area contributed by atoms with Gasteiger partial charge in [0.1, 0.15) is 5.82 Å². The molecule has 0 radical (unpaired) electrons. The van der Waals surface area contributed by atoms with Gasteiger partial charge in [0, 0.05) is 12.5 Å². The summed E-state index contributed by atoms with van der Waals surface area (Å²) in [5, 5.41) is 3.55. The van der Waals surface area contributed by atoms with Gasteiger partial charge in [-0.05, 0) is 60.8 Å². The van der Waals surface area contributed by atoms with Crippen molar-refractivity contribution in [2.45, 2.75) is 51.9 Å². The standard InChI is InChI=1S/C19H28FN/c1-14(2)16-6-4-8-19(12-16)9-10-21-13-18(19)15-5-3-7-17(20)11-15/h3,5,7,11,14,16,18,21H,4,6,8-10,12-13H2,1-2H3. The van der Waals surface area contributed by atoms with E-state index in [0.29, 0.717) is 11.3 Å². The first-order valence-electron chi connectivity index (χ1n) is 8.57. The molecule has 1 aliphatic heterocycles. The Hall–Kier alpha value is -0.890. The largest absolute Gasteiger partial charge is 0.316 e. The van der Waals surface area contributed by atoms with E-state index in [1.165, 1.54) is 37.7 Å². The monoisotopic (exact) mass is 289 g/mol. The van der Waals surface area contributed by atoms with Crippen molar-refractivity contribution < 1.29 is 4.39 Å². The van der Waals surface area contributed by atoms with Crippen LogP contribution in [0.25, 0.3) is 0 Å². The Bertz CT molecular complexity index is 480. The van der Waals surface area contributed by atoms with E-state index in [0.717, 1.165) is 24.9 Å². The number of hydrogen-bond acceptors (Lipinski definition) is 1. The second-order valence-corrected chi connectivity index (χ2v) is 7.52. The fraction of sp³-hybridized carbons (Fsp3) is 0.684. The van der Waals surface area contributed by atoms with Crippen molar-refractivity contribution in [2.24, 2.45) is 17.3 Å². The first kappa shape index (κ1) is 15.0. The summed E-state index contributed by atoms with van der Waals surface area (Å²) in [5.41, 5.74) is 1.60. The molecule has 3 unspecified atom stereocenters. The second kappa shape index (κ2) is 6.08. The molecule has 1 saturated carbocycles. The van der Waals surface area contributed by atoms with Crippen LogP contribution in [0.3, 0.4) is 0 Å². The summed E-state index contributed by atoms with van der Waals surface area (Å²) in [5.74, 6) is 1.99. The third kappa shape index (κ3) is 3.01. The van der Waals surface area contributed by atoms with Gasteiger partial charge in [0.15, 0.2) is 0 Å². The highest BCUT2D eigenvalue weighted by atomic mass is 19.1. The van der Waals surface area contributed by atoms with Crippen molar-refractivity contribution in [1.29, 1.82) is 0 Å². The Balaban J connectivity index is 1.90. The average molecular weight is 289 g/mol. The highest BCUT2D eigenvalue weighted by Gasteiger charge is 2.45. The number of nitrogens with one attached hydrogen (secondary N) is 1. The highest BCUT2D eigenvalue weighted by Crippen LogP contribution is 2.53. The minimum Gasteiger partial charge on any atom is -0.316 e. The van der Waals surface area contributed by atoms with Crippen molar-refractivity contribution in [2.75, 3.05) is 13.1 Å². The molecule has 1 aromatic rings. The van der Waals surface area contributed by atoms with Crippen molar-refractivity contribution in [3.8, 4) is 0 Å². The molecule has 116 valence electrons. The van der Waals surface area contributed by atoms with Crippen LogP contribution in [0.5, 0.6) is 0 Å². The van der Waals surface area contributed by atoms with Gasteiger partial charge in [-0.3, -0.25) is 0 Å². The minimum absolute atomic E-state index is 0.0931. The minimum atomic E-state index is -0.0931. The molecule has 21 heavy (non-hydrogen) atoms. The Labute approximate surface area is 128 Å². The normalized spacial score (nSPS) is 33.5. The average Bonchev–Trinajstić information content (AvgIpc) is 2.48. The van der Waals surface area contributed by atoms with E-state index in [9.17, 15) is 4.39 Å². The number of hydrogen-bond donors (Lipinski definition) is 1. The lowest BCUT2D eigenvalue weighted by Gasteiger charge is -2.50. The molecule has 3 atom stereocenters. The molecular weight excluding hydrogens is 261 g/mol. The van der Waals surface area contributed by atoms with Crippen LogP contribution >= 0.6 is 0 Å². The summed E-state index contributed by atoms with van der Waals surface area (Å²) in [6.07, 6.45) is 6.61. The van der Waals surface area contributed by atoms with Crippen LogP contribution in [0, 0.1) is 23.1 Å². The molecule has 0 aromatic heterocycles. The molecule has 0 amide bonds. The predicted octanol–water partition coefficient (Wildman–Crippen LogP) is 4.74. The van der Waals surface area contributed by atoms with E-state index in [4.69, 9.17) is 0 Å². The molecule has 2 heteroatoms. The van der Waals surface area contributed by atoms with Crippen LogP contribution < -0.4 is 5.32 Å². The van der Waals surface area contributed by atoms with Gasteiger partial charge >= 0.3 is 0 Å². The maximum atomic E-state index is 13.7. The van der Waals surface area contributed by atoms with E-state index in [1.807, 2.05) is 6.07 Å². The smallest absolute Gasteiger partial charge is 0.123 e. The zero-order valence-corrected chi connectivity index (χ0v) is 13.4. The quantitative estimate of drug-likeness (QED) is 0.829. The van der Waals surface area contributed by atoms with Crippen LogP contribution in [0.2, 0.25) is 0 Å². The predicted molar refractivity (Wildman–Crippen MR) is 85.9 cm³/mol. The number of piperidine rings is 1. The molecular formula is C19H28FN. The van der Waals surface area contributed by atoms with E-state index in [-0.39, 0.29) is 5.82 Å². The molecule has 1 saturated heterocycles. The zero-order valence-electron chi connectivity index (χ0n) is 13.4. The maximum Gasteiger partial charge on any atom is 0.123 e. The summed E-state index contributed by atoms with van der Waals surface area (Å²) in [6.45, 7) is 6.86. The summed E-state index contributed by atoms with van der Waals surface area (Å²) in [7, 11) is 0. The summed E-state index contributed by atoms with van der Waals surface area (Å²) in [6, 6.07) is 7.32. The Kier molecular flexibility index (Phi) is 4.35. The Morgan fingerprint density at radius 3 is 2.90 bits per heavy atom. The number of halogens is 1. The molecule has 1 spiro atoms. The summed E-state index contributed by atoms with van der Waals surface area (Å²) < 4.78 is 13.7. The van der Waals surface area contributed by atoms with Gasteiger partial charge in [-0.2, -0.15) is 0 Å². The fourth-order valence-electron chi connectivity index (χ4n) is 4.72. The highest BCUT2D eigenvalue weighted by molar-refractivity contribution is 5.25. The van der Waals surface area contributed by atoms with Crippen molar-refractivity contribution in [3.05, 3.63) is 35.6 Å². The third-order valence-electron chi connectivity index (χ3n) is 6.00. The van der Waals surface area contributed by atoms with Crippen molar-refractivity contribution >= 4 is 0 Å². The van der Waals surface area contributed by atoms with Crippen molar-refractivity contribution in [3.63, 3.8) is 0 Å². The third-order valence-corrected chi connectivity index (χ3v) is 6.00. The molecule has 1 aromatic carbocycles. The van der Waals surface area contributed by atoms with Gasteiger partial charge in [0.25, 0.3) is 0 Å². The van der Waals surface area contributed by atoms with E-state index < -0.39 is 0 Å². The van der Waals surface area contributed by atoms with Crippen molar-refractivity contribution in [1.82, 2.24) is 5.32 Å². The number of rotatable bonds is 2. The van der Waals surface area contributed by atoms with Gasteiger partial charge in [0.2, 0.25) is 0 Å². The molecule has 0 bridgehead atoms. The van der Waals surface area contributed by atoms with Crippen LogP contribution in [0.1, 0.15) is 57.4 Å². The first-order valence-corrected chi connectivity index (χ1v) is 8.57. The lowest BCUT2D eigenvalue weighted by atomic mass is 9.57. The maximum absolute atomic E-state index is 13.7. The van der Waals surface area contributed by atoms with Crippen LogP contribution in [0.4, 0.5) is 4.39 Å². The Morgan fingerprint density at radius 1 is 1.29 bits per heavy atom. The van der Waals surface area contributed by atoms with Gasteiger partial charge in [-0.1, -0.05) is 38.8 Å². The van der Waals surface area contributed by atoms with Gasteiger partial charge in [-0.25, -0.2) is 4.39 Å². The lowest BCUT2D eigenvalue weighted by molar-refractivity contribution is 0.0544.